The van der Waals surface area contributed by atoms with Gasteiger partial charge in [-0.1, -0.05) is 41.5 Å². The van der Waals surface area contributed by atoms with Gasteiger partial charge in [0.25, 0.3) is 0 Å². The van der Waals surface area contributed by atoms with Gasteiger partial charge in [0.2, 0.25) is 0 Å². The highest BCUT2D eigenvalue weighted by Gasteiger charge is 2.26. The van der Waals surface area contributed by atoms with Crippen LogP contribution in [0.4, 0.5) is 0 Å². The fraction of sp³-hybridized carbons (Fsp3) is 0.600. The number of aromatic hydroxyl groups is 1. The number of benzene rings is 1. The summed E-state index contributed by atoms with van der Waals surface area (Å²) in [6, 6.07) is 3.72. The van der Waals surface area contributed by atoms with E-state index in [0.717, 1.165) is 16.0 Å². The third-order valence-corrected chi connectivity index (χ3v) is 3.93. The zero-order chi connectivity index (χ0) is 14.3. The summed E-state index contributed by atoms with van der Waals surface area (Å²) in [7, 11) is -1.04. The quantitative estimate of drug-likeness (QED) is 0.842. The molecule has 1 aromatic rings. The summed E-state index contributed by atoms with van der Waals surface area (Å²) in [4.78, 5) is 0.780. The van der Waals surface area contributed by atoms with Crippen molar-refractivity contribution in [3.05, 3.63) is 23.3 Å². The lowest BCUT2D eigenvalue weighted by molar-refractivity contribution is 0.422. The summed E-state index contributed by atoms with van der Waals surface area (Å²) >= 11 is 0. The van der Waals surface area contributed by atoms with Crippen LogP contribution in [0.3, 0.4) is 0 Å². The minimum Gasteiger partial charge on any atom is -0.507 e. The number of phenolic OH excluding ortho intramolecular Hbond substituents is 1. The molecule has 0 aliphatic carbocycles. The molecule has 1 atom stereocenters. The van der Waals surface area contributed by atoms with Gasteiger partial charge >= 0.3 is 0 Å². The predicted molar refractivity (Wildman–Crippen MR) is 77.8 cm³/mol. The van der Waals surface area contributed by atoms with Crippen LogP contribution < -0.4 is 0 Å². The van der Waals surface area contributed by atoms with Crippen LogP contribution in [0.25, 0.3) is 0 Å². The number of hydrogen-bond acceptors (Lipinski definition) is 2. The van der Waals surface area contributed by atoms with Gasteiger partial charge in [-0.3, -0.25) is 4.21 Å². The van der Waals surface area contributed by atoms with Crippen molar-refractivity contribution >= 4 is 10.8 Å². The SMILES string of the molecule is CS(=O)c1cc(C(C)(C)C)c(O)c(C(C)(C)C)c1. The van der Waals surface area contributed by atoms with E-state index in [1.165, 1.54) is 0 Å². The Morgan fingerprint density at radius 1 is 0.944 bits per heavy atom. The molecule has 0 heterocycles. The summed E-state index contributed by atoms with van der Waals surface area (Å²) in [6.07, 6.45) is 1.67. The maximum Gasteiger partial charge on any atom is 0.123 e. The second-order valence-electron chi connectivity index (χ2n) is 6.82. The van der Waals surface area contributed by atoms with E-state index in [-0.39, 0.29) is 10.8 Å². The number of rotatable bonds is 1. The van der Waals surface area contributed by atoms with Crippen molar-refractivity contribution in [1.82, 2.24) is 0 Å². The monoisotopic (exact) mass is 268 g/mol. The van der Waals surface area contributed by atoms with Crippen LogP contribution in [0, 0.1) is 0 Å². The number of hydrogen-bond donors (Lipinski definition) is 1. The van der Waals surface area contributed by atoms with E-state index in [1.807, 2.05) is 12.1 Å². The van der Waals surface area contributed by atoms with Gasteiger partial charge in [0.1, 0.15) is 5.75 Å². The van der Waals surface area contributed by atoms with Gasteiger partial charge in [-0.25, -0.2) is 0 Å². The summed E-state index contributed by atoms with van der Waals surface area (Å²) in [5.41, 5.74) is 1.39. The second kappa shape index (κ2) is 4.69. The highest BCUT2D eigenvalue weighted by Crippen LogP contribution is 2.40. The average Bonchev–Trinajstić information content (AvgIpc) is 2.13. The van der Waals surface area contributed by atoms with Crippen molar-refractivity contribution in [3.8, 4) is 5.75 Å². The van der Waals surface area contributed by atoms with Crippen LogP contribution in [0.1, 0.15) is 52.7 Å². The van der Waals surface area contributed by atoms with E-state index in [4.69, 9.17) is 0 Å². The first-order valence-electron chi connectivity index (χ1n) is 6.16. The molecule has 0 radical (unpaired) electrons. The van der Waals surface area contributed by atoms with Crippen molar-refractivity contribution in [1.29, 1.82) is 0 Å². The van der Waals surface area contributed by atoms with Crippen molar-refractivity contribution in [2.75, 3.05) is 6.26 Å². The highest BCUT2D eigenvalue weighted by atomic mass is 32.2. The molecule has 3 heteroatoms. The molecule has 1 N–H and O–H groups in total. The van der Waals surface area contributed by atoms with Gasteiger partial charge in [-0.05, 0) is 23.0 Å². The van der Waals surface area contributed by atoms with E-state index in [1.54, 1.807) is 6.26 Å². The molecule has 0 aromatic heterocycles. The Balaban J connectivity index is 3.64. The van der Waals surface area contributed by atoms with Crippen molar-refractivity contribution in [3.63, 3.8) is 0 Å². The first kappa shape index (κ1) is 15.2. The Morgan fingerprint density at radius 2 is 1.28 bits per heavy atom. The molecule has 102 valence electrons. The maximum atomic E-state index is 11.7. The largest absolute Gasteiger partial charge is 0.507 e. The van der Waals surface area contributed by atoms with Crippen LogP contribution >= 0.6 is 0 Å². The molecule has 0 amide bonds. The van der Waals surface area contributed by atoms with Crippen molar-refractivity contribution in [2.45, 2.75) is 57.3 Å². The molecule has 1 rings (SSSR count). The van der Waals surface area contributed by atoms with Crippen molar-refractivity contribution in [2.24, 2.45) is 0 Å². The van der Waals surface area contributed by atoms with Crippen LogP contribution in [0.5, 0.6) is 5.75 Å². The van der Waals surface area contributed by atoms with E-state index in [9.17, 15) is 9.32 Å². The van der Waals surface area contributed by atoms with Gasteiger partial charge < -0.3 is 5.11 Å². The normalized spacial score (nSPS) is 14.6. The lowest BCUT2D eigenvalue weighted by Crippen LogP contribution is -2.18. The zero-order valence-corrected chi connectivity index (χ0v) is 13.2. The van der Waals surface area contributed by atoms with Gasteiger partial charge in [0.15, 0.2) is 0 Å². The molecule has 0 aliphatic heterocycles. The van der Waals surface area contributed by atoms with Gasteiger partial charge in [0, 0.05) is 33.1 Å². The predicted octanol–water partition coefficient (Wildman–Crippen LogP) is 3.72. The number of phenols is 1. The summed E-state index contributed by atoms with van der Waals surface area (Å²) in [5, 5.41) is 10.5. The molecule has 0 saturated heterocycles. The molecule has 18 heavy (non-hydrogen) atoms. The smallest absolute Gasteiger partial charge is 0.123 e. The second-order valence-corrected chi connectivity index (χ2v) is 8.20. The fourth-order valence-electron chi connectivity index (χ4n) is 1.92. The molecule has 0 saturated carbocycles. The Hall–Kier alpha value is -0.830. The summed E-state index contributed by atoms with van der Waals surface area (Å²) in [5.74, 6) is 0.337. The van der Waals surface area contributed by atoms with Gasteiger partial charge in [0.05, 0.1) is 0 Å². The Kier molecular flexibility index (Phi) is 3.97. The Bertz CT molecular complexity index is 441. The summed E-state index contributed by atoms with van der Waals surface area (Å²) in [6.45, 7) is 12.3. The van der Waals surface area contributed by atoms with E-state index < -0.39 is 10.8 Å². The highest BCUT2D eigenvalue weighted by molar-refractivity contribution is 7.84. The van der Waals surface area contributed by atoms with Gasteiger partial charge in [-0.15, -0.1) is 0 Å². The van der Waals surface area contributed by atoms with E-state index >= 15 is 0 Å². The van der Waals surface area contributed by atoms with E-state index in [0.29, 0.717) is 5.75 Å². The van der Waals surface area contributed by atoms with Crippen molar-refractivity contribution < 1.29 is 9.32 Å². The molecular weight excluding hydrogens is 244 g/mol. The molecule has 0 bridgehead atoms. The van der Waals surface area contributed by atoms with Crippen LogP contribution in [-0.2, 0) is 21.6 Å². The average molecular weight is 268 g/mol. The Morgan fingerprint density at radius 3 is 1.50 bits per heavy atom. The molecule has 1 aromatic carbocycles. The molecule has 0 fully saturated rings. The molecule has 1 unspecified atom stereocenters. The first-order chi connectivity index (χ1) is 7.94. The minimum atomic E-state index is -1.04. The first-order valence-corrected chi connectivity index (χ1v) is 7.72. The van der Waals surface area contributed by atoms with Crippen LogP contribution in [0.15, 0.2) is 17.0 Å². The standard InChI is InChI=1S/C15H24O2S/c1-14(2,3)11-8-10(18(7)17)9-12(13(11)16)15(4,5)6/h8-9,16H,1-7H3. The third-order valence-electron chi connectivity index (χ3n) is 3.03. The topological polar surface area (TPSA) is 37.3 Å². The molecule has 0 spiro atoms. The lowest BCUT2D eigenvalue weighted by Gasteiger charge is -2.27. The molecule has 2 nitrogen and oxygen atoms in total. The fourth-order valence-corrected chi connectivity index (χ4v) is 2.49. The summed E-state index contributed by atoms with van der Waals surface area (Å²) < 4.78 is 11.7. The maximum absolute atomic E-state index is 11.7. The van der Waals surface area contributed by atoms with Gasteiger partial charge in [-0.2, -0.15) is 0 Å². The molecule has 0 aliphatic rings. The van der Waals surface area contributed by atoms with E-state index in [2.05, 4.69) is 41.5 Å². The molecular formula is C15H24O2S. The van der Waals surface area contributed by atoms with Crippen LogP contribution in [-0.4, -0.2) is 15.6 Å². The lowest BCUT2D eigenvalue weighted by atomic mass is 9.79. The van der Waals surface area contributed by atoms with Crippen LogP contribution in [0.2, 0.25) is 0 Å². The minimum absolute atomic E-state index is 0.167. The third kappa shape index (κ3) is 3.14. The zero-order valence-electron chi connectivity index (χ0n) is 12.4. The Labute approximate surface area is 113 Å².